The molecule has 2 bridgehead atoms. The Kier molecular flexibility index (Phi) is 12.2. The van der Waals surface area contributed by atoms with Crippen molar-refractivity contribution in [2.75, 3.05) is 32.8 Å². The Morgan fingerprint density at radius 1 is 1.18 bits per heavy atom. The van der Waals surface area contributed by atoms with E-state index >= 15 is 0 Å². The number of fused-ring (bicyclic) bond motifs is 1. The number of aliphatic hydroxyl groups is 1. The maximum Gasteiger partial charge on any atom is 0.310 e. The lowest BCUT2D eigenvalue weighted by atomic mass is 9.71. The molecule has 2 amide bonds. The lowest BCUT2D eigenvalue weighted by Gasteiger charge is -2.38. The van der Waals surface area contributed by atoms with E-state index in [1.165, 1.54) is 0 Å². The third-order valence-corrected chi connectivity index (χ3v) is 11.3. The molecule has 3 aliphatic heterocycles. The van der Waals surface area contributed by atoms with Gasteiger partial charge in [-0.3, -0.25) is 14.4 Å². The zero-order valence-corrected chi connectivity index (χ0v) is 25.2. The fourth-order valence-corrected chi connectivity index (χ4v) is 9.92. The van der Waals surface area contributed by atoms with Crippen molar-refractivity contribution in [2.45, 2.75) is 92.0 Å². The fraction of sp³-hybridized carbons (Fsp3) is 0.759. The minimum atomic E-state index is -0.652. The average Bonchev–Trinajstić information content (AvgIpc) is 3.49. The van der Waals surface area contributed by atoms with Gasteiger partial charge in [0.1, 0.15) is 6.04 Å². The van der Waals surface area contributed by atoms with Crippen LogP contribution < -0.4 is 0 Å². The molecule has 214 valence electrons. The Labute approximate surface area is 240 Å². The smallest absolute Gasteiger partial charge is 0.310 e. The van der Waals surface area contributed by atoms with Crippen LogP contribution in [0.25, 0.3) is 0 Å². The number of amides is 2. The Bertz CT molecular complexity index is 857. The van der Waals surface area contributed by atoms with Crippen LogP contribution in [0.2, 0.25) is 0 Å². The summed E-state index contributed by atoms with van der Waals surface area (Å²) in [4.78, 5) is 45.4. The SMILES string of the molecule is C=CCCCCOC(=O)[C@H]1[C@@H]2SC3(CC2Br)C(C(=O)N(CC=C)CCCCC)N(CCCCCO)C(=O)[C@H]13. The summed E-state index contributed by atoms with van der Waals surface area (Å²) < 4.78 is 5.06. The van der Waals surface area contributed by atoms with Gasteiger partial charge in [0.15, 0.2) is 0 Å². The number of allylic oxidation sites excluding steroid dienone is 1. The largest absolute Gasteiger partial charge is 0.465 e. The first-order valence-electron chi connectivity index (χ1n) is 14.3. The number of carbonyl (C=O) groups is 3. The molecule has 3 fully saturated rings. The van der Waals surface area contributed by atoms with Gasteiger partial charge in [0.05, 0.1) is 23.2 Å². The first kappa shape index (κ1) is 31.2. The van der Waals surface area contributed by atoms with Crippen LogP contribution in [0, 0.1) is 11.8 Å². The van der Waals surface area contributed by atoms with E-state index in [-0.39, 0.29) is 34.5 Å². The van der Waals surface area contributed by atoms with Crippen LogP contribution in [0.5, 0.6) is 0 Å². The monoisotopic (exact) mass is 612 g/mol. The van der Waals surface area contributed by atoms with E-state index in [0.717, 1.165) is 44.9 Å². The minimum absolute atomic E-state index is 0.0347. The first-order chi connectivity index (χ1) is 18.4. The Morgan fingerprint density at radius 3 is 2.66 bits per heavy atom. The Hall–Kier alpha value is -1.32. The van der Waals surface area contributed by atoms with Crippen molar-refractivity contribution < 1.29 is 24.2 Å². The normalized spacial score (nSPS) is 29.4. The second-order valence-electron chi connectivity index (χ2n) is 10.7. The number of alkyl halides is 1. The molecule has 0 aromatic heterocycles. The third kappa shape index (κ3) is 6.52. The summed E-state index contributed by atoms with van der Waals surface area (Å²) in [7, 11) is 0. The summed E-state index contributed by atoms with van der Waals surface area (Å²) in [6.45, 7) is 11.7. The predicted octanol–water partition coefficient (Wildman–Crippen LogP) is 4.72. The highest BCUT2D eigenvalue weighted by molar-refractivity contribution is 9.09. The van der Waals surface area contributed by atoms with Gasteiger partial charge >= 0.3 is 5.97 Å². The summed E-state index contributed by atoms with van der Waals surface area (Å²) in [6, 6.07) is -0.615. The summed E-state index contributed by atoms with van der Waals surface area (Å²) in [6.07, 6.45) is 12.0. The maximum absolute atomic E-state index is 14.2. The molecule has 1 spiro atoms. The highest BCUT2D eigenvalue weighted by Crippen LogP contribution is 2.68. The van der Waals surface area contributed by atoms with Gasteiger partial charge in [-0.05, 0) is 51.4 Å². The summed E-state index contributed by atoms with van der Waals surface area (Å²) in [5, 5.41) is 9.14. The van der Waals surface area contributed by atoms with Crippen LogP contribution in [0.1, 0.15) is 71.1 Å². The zero-order chi connectivity index (χ0) is 27.7. The molecular weight excluding hydrogens is 568 g/mol. The van der Waals surface area contributed by atoms with E-state index in [4.69, 9.17) is 4.74 Å². The van der Waals surface area contributed by atoms with Gasteiger partial charge in [0, 0.05) is 36.3 Å². The molecule has 0 aromatic carbocycles. The number of carbonyl (C=O) groups excluding carboxylic acids is 3. The summed E-state index contributed by atoms with van der Waals surface area (Å²) in [5.41, 5.74) is 0. The number of hydrogen-bond acceptors (Lipinski definition) is 6. The molecular formula is C29H45BrN2O5S. The van der Waals surface area contributed by atoms with Crippen LogP contribution in [0.15, 0.2) is 25.3 Å². The lowest BCUT2D eigenvalue weighted by Crippen LogP contribution is -2.55. The molecule has 0 aromatic rings. The topological polar surface area (TPSA) is 87.2 Å². The Balaban J connectivity index is 1.88. The Morgan fingerprint density at radius 2 is 1.97 bits per heavy atom. The second-order valence-corrected chi connectivity index (χ2v) is 13.4. The summed E-state index contributed by atoms with van der Waals surface area (Å²) >= 11 is 5.46. The van der Waals surface area contributed by atoms with Crippen molar-refractivity contribution in [3.05, 3.63) is 25.3 Å². The van der Waals surface area contributed by atoms with Crippen LogP contribution >= 0.6 is 27.7 Å². The molecule has 38 heavy (non-hydrogen) atoms. The number of aliphatic hydroxyl groups excluding tert-OH is 1. The van der Waals surface area contributed by atoms with E-state index in [9.17, 15) is 19.5 Å². The number of unbranched alkanes of at least 4 members (excludes halogenated alkanes) is 6. The van der Waals surface area contributed by atoms with E-state index in [1.54, 1.807) is 22.7 Å². The van der Waals surface area contributed by atoms with E-state index in [0.29, 0.717) is 45.5 Å². The molecule has 0 aliphatic carbocycles. The molecule has 6 atom stereocenters. The number of thioether (sulfide) groups is 1. The van der Waals surface area contributed by atoms with E-state index in [1.807, 2.05) is 11.0 Å². The average molecular weight is 614 g/mol. The quantitative estimate of drug-likeness (QED) is 0.104. The van der Waals surface area contributed by atoms with Gasteiger partial charge in [0.25, 0.3) is 0 Å². The predicted molar refractivity (Wildman–Crippen MR) is 156 cm³/mol. The first-order valence-corrected chi connectivity index (χ1v) is 16.1. The van der Waals surface area contributed by atoms with Gasteiger partial charge in [-0.2, -0.15) is 0 Å². The molecule has 9 heteroatoms. The summed E-state index contributed by atoms with van der Waals surface area (Å²) in [5.74, 6) is -1.56. The number of ether oxygens (including phenoxy) is 1. The van der Waals surface area contributed by atoms with Crippen LogP contribution in [-0.2, 0) is 19.1 Å². The number of esters is 1. The standard InChI is InChI=1S/C29H45BrN2O5S/c1-4-7-9-14-19-37-28(36)22-23-26(34)32(17-12-10-13-18-33)25(29(23)20-21(30)24(22)38-29)27(35)31(15-6-3)16-11-8-5-2/h4,6,21-25,33H,1,3,5,7-20H2,2H3/t21?,22-,23+,24-,25?,29?/m1/s1. The molecule has 3 rings (SSSR count). The van der Waals surface area contributed by atoms with Gasteiger partial charge in [-0.25, -0.2) is 0 Å². The van der Waals surface area contributed by atoms with E-state index < -0.39 is 22.6 Å². The number of rotatable bonds is 18. The van der Waals surface area contributed by atoms with Crippen molar-refractivity contribution in [1.29, 1.82) is 0 Å². The molecule has 3 saturated heterocycles. The second kappa shape index (κ2) is 14.9. The number of hydrogen-bond donors (Lipinski definition) is 1. The lowest BCUT2D eigenvalue weighted by molar-refractivity contribution is -0.154. The number of halogens is 1. The molecule has 1 N–H and O–H groups in total. The van der Waals surface area contributed by atoms with Gasteiger partial charge in [-0.1, -0.05) is 47.8 Å². The van der Waals surface area contributed by atoms with Gasteiger partial charge in [-0.15, -0.1) is 24.9 Å². The molecule has 7 nitrogen and oxygen atoms in total. The molecule has 3 unspecified atom stereocenters. The highest BCUT2D eigenvalue weighted by Gasteiger charge is 2.76. The van der Waals surface area contributed by atoms with Crippen molar-refractivity contribution >= 4 is 45.5 Å². The van der Waals surface area contributed by atoms with Crippen molar-refractivity contribution in [3.8, 4) is 0 Å². The molecule has 3 heterocycles. The zero-order valence-electron chi connectivity index (χ0n) is 22.8. The van der Waals surface area contributed by atoms with Crippen LogP contribution in [0.3, 0.4) is 0 Å². The van der Waals surface area contributed by atoms with Crippen molar-refractivity contribution in [2.24, 2.45) is 11.8 Å². The van der Waals surface area contributed by atoms with Crippen LogP contribution in [0.4, 0.5) is 0 Å². The molecule has 0 radical (unpaired) electrons. The van der Waals surface area contributed by atoms with Gasteiger partial charge < -0.3 is 19.6 Å². The molecule has 3 aliphatic rings. The van der Waals surface area contributed by atoms with Gasteiger partial charge in [0.2, 0.25) is 11.8 Å². The van der Waals surface area contributed by atoms with Crippen molar-refractivity contribution in [3.63, 3.8) is 0 Å². The number of nitrogens with zero attached hydrogens (tertiary/aromatic N) is 2. The van der Waals surface area contributed by atoms with Crippen LogP contribution in [-0.4, -0.2) is 86.4 Å². The fourth-order valence-electron chi connectivity index (χ4n) is 6.32. The van der Waals surface area contributed by atoms with E-state index in [2.05, 4.69) is 36.0 Å². The highest BCUT2D eigenvalue weighted by atomic mass is 79.9. The molecule has 0 saturated carbocycles. The maximum atomic E-state index is 14.2. The minimum Gasteiger partial charge on any atom is -0.465 e. The third-order valence-electron chi connectivity index (χ3n) is 8.09. The van der Waals surface area contributed by atoms with Crippen molar-refractivity contribution in [1.82, 2.24) is 9.80 Å². The number of likely N-dealkylation sites (tertiary alicyclic amines) is 1.